The molecule has 0 aliphatic carbocycles. The van der Waals surface area contributed by atoms with Gasteiger partial charge in [0.1, 0.15) is 0 Å². The van der Waals surface area contributed by atoms with E-state index in [0.717, 1.165) is 25.1 Å². The highest BCUT2D eigenvalue weighted by molar-refractivity contribution is 5.15. The summed E-state index contributed by atoms with van der Waals surface area (Å²) in [7, 11) is 1.90. The minimum atomic E-state index is 0.156. The van der Waals surface area contributed by atoms with Crippen molar-refractivity contribution in [3.05, 3.63) is 47.6 Å². The van der Waals surface area contributed by atoms with Gasteiger partial charge in [-0.15, -0.1) is 0 Å². The largest absolute Gasteiger partial charge is 0.338 e. The maximum Gasteiger partial charge on any atom is 0.243 e. The van der Waals surface area contributed by atoms with Gasteiger partial charge in [-0.2, -0.15) is 4.98 Å². The quantitative estimate of drug-likeness (QED) is 0.849. The van der Waals surface area contributed by atoms with Crippen molar-refractivity contribution in [3.8, 4) is 0 Å². The van der Waals surface area contributed by atoms with Crippen LogP contribution in [0.5, 0.6) is 0 Å². The molecule has 1 unspecified atom stereocenters. The number of hydrogen-bond donors (Lipinski definition) is 1. The summed E-state index contributed by atoms with van der Waals surface area (Å²) in [6, 6.07) is 10.5. The maximum absolute atomic E-state index is 5.27. The summed E-state index contributed by atoms with van der Waals surface area (Å²) in [5.41, 5.74) is 1.30. The average molecular weight is 245 g/mol. The van der Waals surface area contributed by atoms with E-state index in [1.165, 1.54) is 5.56 Å². The molecule has 0 bridgehead atoms. The summed E-state index contributed by atoms with van der Waals surface area (Å²) in [6.07, 6.45) is 2.70. The Morgan fingerprint density at radius 3 is 2.67 bits per heavy atom. The van der Waals surface area contributed by atoms with Gasteiger partial charge in [-0.25, -0.2) is 0 Å². The third-order valence-electron chi connectivity index (χ3n) is 3.02. The molecule has 0 radical (unpaired) electrons. The van der Waals surface area contributed by atoms with E-state index in [1.54, 1.807) is 0 Å². The molecule has 4 nitrogen and oxygen atoms in total. The van der Waals surface area contributed by atoms with E-state index in [0.29, 0.717) is 5.89 Å². The Hall–Kier alpha value is -1.68. The lowest BCUT2D eigenvalue weighted by molar-refractivity contribution is 0.331. The summed E-state index contributed by atoms with van der Waals surface area (Å²) < 4.78 is 5.27. The summed E-state index contributed by atoms with van der Waals surface area (Å²) in [4.78, 5) is 4.43. The highest BCUT2D eigenvalue weighted by Crippen LogP contribution is 2.14. The van der Waals surface area contributed by atoms with Crippen LogP contribution in [0.4, 0.5) is 0 Å². The lowest BCUT2D eigenvalue weighted by Crippen LogP contribution is -2.15. The van der Waals surface area contributed by atoms with Crippen molar-refractivity contribution in [2.45, 2.75) is 32.2 Å². The Kier molecular flexibility index (Phi) is 4.47. The summed E-state index contributed by atoms with van der Waals surface area (Å²) >= 11 is 0. The van der Waals surface area contributed by atoms with Crippen LogP contribution in [0.25, 0.3) is 0 Å². The van der Waals surface area contributed by atoms with E-state index in [2.05, 4.69) is 34.5 Å². The Morgan fingerprint density at radius 2 is 2.00 bits per heavy atom. The first-order valence-electron chi connectivity index (χ1n) is 6.37. The minimum absolute atomic E-state index is 0.156. The average Bonchev–Trinajstić information content (AvgIpc) is 2.88. The van der Waals surface area contributed by atoms with Crippen LogP contribution in [-0.2, 0) is 12.8 Å². The topological polar surface area (TPSA) is 51.0 Å². The highest BCUT2D eigenvalue weighted by atomic mass is 16.5. The third kappa shape index (κ3) is 3.17. The first kappa shape index (κ1) is 12.8. The van der Waals surface area contributed by atoms with Crippen LogP contribution in [0.15, 0.2) is 34.9 Å². The zero-order valence-electron chi connectivity index (χ0n) is 10.9. The molecule has 0 saturated heterocycles. The molecule has 0 aliphatic heterocycles. The van der Waals surface area contributed by atoms with Gasteiger partial charge in [0, 0.05) is 6.42 Å². The van der Waals surface area contributed by atoms with Crippen molar-refractivity contribution in [2.75, 3.05) is 7.05 Å². The molecule has 1 aromatic carbocycles. The molecule has 0 saturated carbocycles. The van der Waals surface area contributed by atoms with Crippen LogP contribution in [0, 0.1) is 0 Å². The first-order chi connectivity index (χ1) is 8.83. The molecule has 1 atom stereocenters. The fraction of sp³-hybridized carbons (Fsp3) is 0.429. The van der Waals surface area contributed by atoms with Crippen molar-refractivity contribution in [3.63, 3.8) is 0 Å². The van der Waals surface area contributed by atoms with Gasteiger partial charge in [-0.05, 0) is 25.5 Å². The SMILES string of the molecule is CCC(NC)c1nc(CCc2ccccc2)no1. The molecule has 1 aromatic heterocycles. The molecule has 0 fully saturated rings. The fourth-order valence-electron chi connectivity index (χ4n) is 1.91. The molecule has 1 N–H and O–H groups in total. The van der Waals surface area contributed by atoms with Gasteiger partial charge in [0.15, 0.2) is 5.82 Å². The van der Waals surface area contributed by atoms with Crippen LogP contribution in [0.2, 0.25) is 0 Å². The van der Waals surface area contributed by atoms with Gasteiger partial charge in [0.2, 0.25) is 5.89 Å². The number of rotatable bonds is 6. The second-order valence-electron chi connectivity index (χ2n) is 4.28. The summed E-state index contributed by atoms with van der Waals surface area (Å²) in [5.74, 6) is 1.46. The lowest BCUT2D eigenvalue weighted by atomic mass is 10.1. The highest BCUT2D eigenvalue weighted by Gasteiger charge is 2.14. The Bertz CT molecular complexity index is 463. The standard InChI is InChI=1S/C14H19N3O/c1-3-12(15-2)14-16-13(17-18-14)10-9-11-7-5-4-6-8-11/h4-8,12,15H,3,9-10H2,1-2H3. The minimum Gasteiger partial charge on any atom is -0.338 e. The number of aryl methyl sites for hydroxylation is 2. The van der Waals surface area contributed by atoms with Crippen molar-refractivity contribution in [1.82, 2.24) is 15.5 Å². The number of nitrogens with zero attached hydrogens (tertiary/aromatic N) is 2. The number of benzene rings is 1. The van der Waals surface area contributed by atoms with Gasteiger partial charge in [0.25, 0.3) is 0 Å². The Morgan fingerprint density at radius 1 is 1.22 bits per heavy atom. The van der Waals surface area contributed by atoms with E-state index in [4.69, 9.17) is 4.52 Å². The smallest absolute Gasteiger partial charge is 0.243 e. The van der Waals surface area contributed by atoms with Gasteiger partial charge in [-0.1, -0.05) is 42.4 Å². The molecule has 0 amide bonds. The number of aromatic nitrogens is 2. The maximum atomic E-state index is 5.27. The van der Waals surface area contributed by atoms with Crippen molar-refractivity contribution in [1.29, 1.82) is 0 Å². The summed E-state index contributed by atoms with van der Waals surface area (Å²) in [6.45, 7) is 2.09. The molecule has 1 heterocycles. The zero-order chi connectivity index (χ0) is 12.8. The molecule has 2 aromatic rings. The molecular weight excluding hydrogens is 226 g/mol. The lowest BCUT2D eigenvalue weighted by Gasteiger charge is -2.06. The predicted octanol–water partition coefficient (Wildman–Crippen LogP) is 2.53. The fourth-order valence-corrected chi connectivity index (χ4v) is 1.91. The van der Waals surface area contributed by atoms with Gasteiger partial charge < -0.3 is 9.84 Å². The molecule has 4 heteroatoms. The van der Waals surface area contributed by atoms with Crippen molar-refractivity contribution >= 4 is 0 Å². The first-order valence-corrected chi connectivity index (χ1v) is 6.37. The van der Waals surface area contributed by atoms with E-state index in [1.807, 2.05) is 25.2 Å². The molecule has 96 valence electrons. The molecular formula is C14H19N3O. The van der Waals surface area contributed by atoms with E-state index in [9.17, 15) is 0 Å². The van der Waals surface area contributed by atoms with Crippen molar-refractivity contribution in [2.24, 2.45) is 0 Å². The molecule has 0 spiro atoms. The van der Waals surface area contributed by atoms with Crippen LogP contribution in [0.3, 0.4) is 0 Å². The van der Waals surface area contributed by atoms with Gasteiger partial charge >= 0.3 is 0 Å². The van der Waals surface area contributed by atoms with Crippen LogP contribution >= 0.6 is 0 Å². The second kappa shape index (κ2) is 6.31. The van der Waals surface area contributed by atoms with Gasteiger partial charge in [0.05, 0.1) is 6.04 Å². The Labute approximate surface area is 107 Å². The molecule has 18 heavy (non-hydrogen) atoms. The number of nitrogens with one attached hydrogen (secondary N) is 1. The number of hydrogen-bond acceptors (Lipinski definition) is 4. The zero-order valence-corrected chi connectivity index (χ0v) is 10.9. The van der Waals surface area contributed by atoms with Crippen molar-refractivity contribution < 1.29 is 4.52 Å². The van der Waals surface area contributed by atoms with Crippen LogP contribution in [0.1, 0.15) is 36.7 Å². The second-order valence-corrected chi connectivity index (χ2v) is 4.28. The third-order valence-corrected chi connectivity index (χ3v) is 3.02. The normalized spacial score (nSPS) is 12.6. The van der Waals surface area contributed by atoms with Gasteiger partial charge in [-0.3, -0.25) is 0 Å². The molecule has 0 aliphatic rings. The van der Waals surface area contributed by atoms with E-state index >= 15 is 0 Å². The van der Waals surface area contributed by atoms with E-state index < -0.39 is 0 Å². The monoisotopic (exact) mass is 245 g/mol. The summed E-state index contributed by atoms with van der Waals surface area (Å²) in [5, 5.41) is 7.18. The Balaban J connectivity index is 1.95. The van der Waals surface area contributed by atoms with E-state index in [-0.39, 0.29) is 6.04 Å². The predicted molar refractivity (Wildman–Crippen MR) is 70.2 cm³/mol. The van der Waals surface area contributed by atoms with Crippen LogP contribution in [-0.4, -0.2) is 17.2 Å². The molecule has 2 rings (SSSR count). The van der Waals surface area contributed by atoms with Crippen LogP contribution < -0.4 is 5.32 Å².